The SMILES string of the molecule is CC.CC.COC1=CCC(C/C=C(C)/C=C\C=C\C(=O)NC(C(=O)N/C=C\CC(C/C=C(\C)Cl)OC)C(C)(C)C)OC1=O. The summed E-state index contributed by atoms with van der Waals surface area (Å²) in [5, 5.41) is 6.25. The third kappa shape index (κ3) is 19.7. The van der Waals surface area contributed by atoms with Crippen molar-refractivity contribution in [1.82, 2.24) is 10.6 Å². The number of hydrogen-bond donors (Lipinski definition) is 2. The van der Waals surface area contributed by atoms with E-state index in [1.807, 2.05) is 86.6 Å². The zero-order chi connectivity index (χ0) is 33.4. The highest BCUT2D eigenvalue weighted by Crippen LogP contribution is 2.20. The zero-order valence-electron chi connectivity index (χ0n) is 28.1. The van der Waals surface area contributed by atoms with Crippen LogP contribution >= 0.6 is 11.6 Å². The molecule has 0 fully saturated rings. The van der Waals surface area contributed by atoms with Crippen molar-refractivity contribution in [3.05, 3.63) is 71.2 Å². The van der Waals surface area contributed by atoms with Gasteiger partial charge in [-0.25, -0.2) is 4.79 Å². The Balaban J connectivity index is 0. The standard InChI is InChI=1S/C30H43ClN2O6.2C2H6/c1-21(14-16-24-18-19-25(38-7)29(36)39-24)11-8-9-13-26(34)33-27(30(3,4)5)28(35)32-20-10-12-23(37-6)17-15-22(2)31;2*1-2/h8-11,13-15,19-20,23-24,27H,12,16-18H2,1-7H3,(H,32,35)(H,33,34);2*1-2H3/b11-8-,13-9+,20-10-,21-14+,22-15+;;. The minimum atomic E-state index is -0.740. The van der Waals surface area contributed by atoms with E-state index in [-0.39, 0.29) is 29.8 Å². The monoisotopic (exact) mass is 622 g/mol. The van der Waals surface area contributed by atoms with Gasteiger partial charge in [-0.2, -0.15) is 0 Å². The third-order valence-electron chi connectivity index (χ3n) is 5.83. The van der Waals surface area contributed by atoms with Crippen LogP contribution in [0.1, 0.15) is 88.0 Å². The number of carbonyl (C=O) groups excluding carboxylic acids is 3. The molecule has 0 aliphatic carbocycles. The molecule has 0 spiro atoms. The molecule has 0 bridgehead atoms. The second-order valence-electron chi connectivity index (χ2n) is 10.3. The summed E-state index contributed by atoms with van der Waals surface area (Å²) in [5.74, 6) is -0.901. The van der Waals surface area contributed by atoms with Crippen LogP contribution in [-0.2, 0) is 28.6 Å². The fourth-order valence-corrected chi connectivity index (χ4v) is 3.61. The number of amides is 2. The van der Waals surface area contributed by atoms with Crippen molar-refractivity contribution in [3.63, 3.8) is 0 Å². The Hall–Kier alpha value is -3.10. The summed E-state index contributed by atoms with van der Waals surface area (Å²) < 4.78 is 15.7. The van der Waals surface area contributed by atoms with Crippen LogP contribution in [0, 0.1) is 5.41 Å². The molecular weight excluding hydrogens is 568 g/mol. The predicted octanol–water partition coefficient (Wildman–Crippen LogP) is 7.43. The largest absolute Gasteiger partial charge is 0.490 e. The highest BCUT2D eigenvalue weighted by molar-refractivity contribution is 6.29. The van der Waals surface area contributed by atoms with E-state index >= 15 is 0 Å². The van der Waals surface area contributed by atoms with Crippen molar-refractivity contribution >= 4 is 29.4 Å². The van der Waals surface area contributed by atoms with Gasteiger partial charge in [0.2, 0.25) is 11.8 Å². The molecule has 9 heteroatoms. The first-order valence-electron chi connectivity index (χ1n) is 14.9. The molecule has 0 aromatic rings. The summed E-state index contributed by atoms with van der Waals surface area (Å²) in [6.07, 6.45) is 17.7. The first-order valence-corrected chi connectivity index (χ1v) is 15.3. The highest BCUT2D eigenvalue weighted by atomic mass is 35.5. The van der Waals surface area contributed by atoms with Gasteiger partial charge in [0.15, 0.2) is 5.76 Å². The zero-order valence-corrected chi connectivity index (χ0v) is 28.8. The minimum absolute atomic E-state index is 0.0484. The van der Waals surface area contributed by atoms with Crippen molar-refractivity contribution in [3.8, 4) is 0 Å². The Labute approximate surface area is 265 Å². The molecule has 3 atom stereocenters. The van der Waals surface area contributed by atoms with Gasteiger partial charge in [0, 0.05) is 31.1 Å². The van der Waals surface area contributed by atoms with Gasteiger partial charge in [-0.1, -0.05) is 102 Å². The first kappa shape index (κ1) is 42.0. The fourth-order valence-electron chi connectivity index (χ4n) is 3.52. The molecular formula is C34H55ClN2O6. The molecule has 2 N–H and O–H groups in total. The van der Waals surface area contributed by atoms with Crippen LogP contribution in [-0.4, -0.2) is 50.3 Å². The van der Waals surface area contributed by atoms with Gasteiger partial charge in [0.25, 0.3) is 0 Å². The lowest BCUT2D eigenvalue weighted by molar-refractivity contribution is -0.149. The second-order valence-corrected chi connectivity index (χ2v) is 10.9. The van der Waals surface area contributed by atoms with E-state index in [4.69, 9.17) is 25.8 Å². The molecule has 2 amide bonds. The summed E-state index contributed by atoms with van der Waals surface area (Å²) in [4.78, 5) is 37.1. The molecule has 0 saturated carbocycles. The van der Waals surface area contributed by atoms with Crippen LogP contribution < -0.4 is 10.6 Å². The van der Waals surface area contributed by atoms with Crippen LogP contribution in [0.5, 0.6) is 0 Å². The van der Waals surface area contributed by atoms with Crippen LogP contribution in [0.15, 0.2) is 71.2 Å². The Kier molecular flexibility index (Phi) is 23.8. The summed E-state index contributed by atoms with van der Waals surface area (Å²) in [7, 11) is 3.07. The van der Waals surface area contributed by atoms with Gasteiger partial charge in [-0.15, -0.1) is 0 Å². The lowest BCUT2D eigenvalue weighted by Gasteiger charge is -2.29. The molecule has 8 nitrogen and oxygen atoms in total. The van der Waals surface area contributed by atoms with Crippen molar-refractivity contribution in [1.29, 1.82) is 0 Å². The number of halogens is 1. The van der Waals surface area contributed by atoms with Gasteiger partial charge < -0.3 is 24.8 Å². The number of nitrogens with one attached hydrogen (secondary N) is 2. The summed E-state index contributed by atoms with van der Waals surface area (Å²) in [6.45, 7) is 17.4. The summed E-state index contributed by atoms with van der Waals surface area (Å²) in [5.41, 5.74) is 0.455. The number of rotatable bonds is 14. The molecule has 1 rings (SSSR count). The van der Waals surface area contributed by atoms with Crippen LogP contribution in [0.25, 0.3) is 0 Å². The summed E-state index contributed by atoms with van der Waals surface area (Å²) in [6, 6.07) is -0.740. The Morgan fingerprint density at radius 2 is 1.70 bits per heavy atom. The smallest absolute Gasteiger partial charge is 0.373 e. The van der Waals surface area contributed by atoms with Crippen molar-refractivity contribution in [2.75, 3.05) is 14.2 Å². The maximum absolute atomic E-state index is 12.8. The molecule has 3 unspecified atom stereocenters. The van der Waals surface area contributed by atoms with Crippen molar-refractivity contribution < 1.29 is 28.6 Å². The molecule has 0 aromatic carbocycles. The van der Waals surface area contributed by atoms with Crippen molar-refractivity contribution in [2.24, 2.45) is 5.41 Å². The predicted molar refractivity (Wildman–Crippen MR) is 177 cm³/mol. The van der Waals surface area contributed by atoms with Crippen LogP contribution in [0.4, 0.5) is 0 Å². The first-order chi connectivity index (χ1) is 20.4. The Morgan fingerprint density at radius 1 is 1.07 bits per heavy atom. The quantitative estimate of drug-likeness (QED) is 0.119. The third-order valence-corrected chi connectivity index (χ3v) is 5.99. The van der Waals surface area contributed by atoms with Gasteiger partial charge in [-0.05, 0) is 44.4 Å². The molecule has 1 aliphatic heterocycles. The van der Waals surface area contributed by atoms with E-state index in [1.165, 1.54) is 13.2 Å². The number of methoxy groups -OCH3 is 2. The number of allylic oxidation sites excluding steroid dienone is 5. The van der Waals surface area contributed by atoms with Crippen LogP contribution in [0.3, 0.4) is 0 Å². The van der Waals surface area contributed by atoms with Gasteiger partial charge in [0.1, 0.15) is 12.1 Å². The van der Waals surface area contributed by atoms with E-state index in [9.17, 15) is 14.4 Å². The second kappa shape index (κ2) is 24.4. The lowest BCUT2D eigenvalue weighted by atomic mass is 9.86. The van der Waals surface area contributed by atoms with E-state index in [2.05, 4.69) is 10.6 Å². The van der Waals surface area contributed by atoms with E-state index in [0.29, 0.717) is 30.7 Å². The lowest BCUT2D eigenvalue weighted by Crippen LogP contribution is -2.52. The number of esters is 1. The fraction of sp³-hybridized carbons (Fsp3) is 0.559. The van der Waals surface area contributed by atoms with E-state index < -0.39 is 17.4 Å². The molecule has 0 saturated heterocycles. The topological polar surface area (TPSA) is 103 Å². The normalized spacial score (nSPS) is 17.3. The number of carbonyl (C=O) groups is 3. The molecule has 1 aliphatic rings. The maximum atomic E-state index is 12.8. The number of cyclic esters (lactones) is 1. The average molecular weight is 623 g/mol. The van der Waals surface area contributed by atoms with Crippen molar-refractivity contribution in [2.45, 2.75) is 106 Å². The number of hydrogen-bond acceptors (Lipinski definition) is 6. The number of ether oxygens (including phenoxy) is 3. The van der Waals surface area contributed by atoms with Gasteiger partial charge in [-0.3, -0.25) is 9.59 Å². The summed E-state index contributed by atoms with van der Waals surface area (Å²) >= 11 is 5.87. The molecule has 0 aromatic heterocycles. The Morgan fingerprint density at radius 3 is 2.23 bits per heavy atom. The minimum Gasteiger partial charge on any atom is -0.490 e. The van der Waals surface area contributed by atoms with Crippen LogP contribution in [0.2, 0.25) is 0 Å². The molecule has 1 heterocycles. The molecule has 0 radical (unpaired) electrons. The van der Waals surface area contributed by atoms with E-state index in [1.54, 1.807) is 31.5 Å². The molecule has 43 heavy (non-hydrogen) atoms. The van der Waals surface area contributed by atoms with E-state index in [0.717, 1.165) is 5.57 Å². The maximum Gasteiger partial charge on any atom is 0.373 e. The van der Waals surface area contributed by atoms with Gasteiger partial charge >= 0.3 is 5.97 Å². The Bertz CT molecular complexity index is 1010. The van der Waals surface area contributed by atoms with Gasteiger partial charge in [0.05, 0.1) is 13.2 Å². The average Bonchev–Trinajstić information content (AvgIpc) is 2.98. The highest BCUT2D eigenvalue weighted by Gasteiger charge is 2.31. The molecule has 244 valence electrons.